The quantitative estimate of drug-likeness (QED) is 0.806. The molecule has 2 N–H and O–H groups in total. The number of rotatable bonds is 1. The van der Waals surface area contributed by atoms with Crippen molar-refractivity contribution in [3.05, 3.63) is 30.3 Å². The molecule has 1 saturated heterocycles. The smallest absolute Gasteiger partial charge is 0.244 e. The number of nitrogens with two attached hydrogens (primary N) is 1. The number of benzene rings is 1. The first kappa shape index (κ1) is 12.1. The number of nitrogens with zero attached hydrogens (tertiary/aromatic N) is 1. The predicted molar refractivity (Wildman–Crippen MR) is 69.8 cm³/mol. The molecule has 0 saturated carbocycles. The molecule has 0 bridgehead atoms. The third-order valence-corrected chi connectivity index (χ3v) is 3.64. The molecule has 0 radical (unpaired) electrons. The summed E-state index contributed by atoms with van der Waals surface area (Å²) in [4.78, 5) is 14.2. The number of carbonyl (C=O) groups excluding carboxylic acids is 1. The molecule has 1 aromatic rings. The van der Waals surface area contributed by atoms with Gasteiger partial charge in [-0.2, -0.15) is 0 Å². The minimum absolute atomic E-state index is 0.0405. The molecule has 1 aliphatic heterocycles. The fourth-order valence-corrected chi connectivity index (χ4v) is 2.32. The van der Waals surface area contributed by atoms with Crippen LogP contribution in [0.2, 0.25) is 0 Å². The molecule has 1 heterocycles. The first-order valence-corrected chi connectivity index (χ1v) is 6.14. The van der Waals surface area contributed by atoms with Crippen LogP contribution in [0.1, 0.15) is 26.7 Å². The van der Waals surface area contributed by atoms with Crippen LogP contribution in [0.15, 0.2) is 30.3 Å². The van der Waals surface area contributed by atoms with Crippen molar-refractivity contribution in [1.29, 1.82) is 0 Å². The number of para-hydroxylation sites is 1. The van der Waals surface area contributed by atoms with Gasteiger partial charge in [0, 0.05) is 12.2 Å². The molecule has 3 heteroatoms. The highest BCUT2D eigenvalue weighted by Gasteiger charge is 2.37. The molecule has 3 nitrogen and oxygen atoms in total. The van der Waals surface area contributed by atoms with E-state index in [-0.39, 0.29) is 11.3 Å². The molecule has 1 fully saturated rings. The molecule has 1 aromatic carbocycles. The molecule has 92 valence electrons. The fourth-order valence-electron chi connectivity index (χ4n) is 2.32. The Morgan fingerprint density at radius 2 is 1.94 bits per heavy atom. The topological polar surface area (TPSA) is 46.3 Å². The van der Waals surface area contributed by atoms with Gasteiger partial charge in [0.15, 0.2) is 0 Å². The molecule has 0 aliphatic carbocycles. The van der Waals surface area contributed by atoms with Gasteiger partial charge in [0.2, 0.25) is 5.91 Å². The largest absolute Gasteiger partial charge is 0.319 e. The van der Waals surface area contributed by atoms with Crippen LogP contribution in [0, 0.1) is 5.41 Å². The lowest BCUT2D eigenvalue weighted by molar-refractivity contribution is -0.121. The number of anilines is 1. The van der Waals surface area contributed by atoms with E-state index in [1.165, 1.54) is 0 Å². The van der Waals surface area contributed by atoms with Crippen molar-refractivity contribution < 1.29 is 4.79 Å². The van der Waals surface area contributed by atoms with Gasteiger partial charge in [-0.1, -0.05) is 32.0 Å². The van der Waals surface area contributed by atoms with Gasteiger partial charge in [0.05, 0.1) is 6.04 Å². The fraction of sp³-hybridized carbons (Fsp3) is 0.500. The van der Waals surface area contributed by atoms with Gasteiger partial charge < -0.3 is 10.6 Å². The summed E-state index contributed by atoms with van der Waals surface area (Å²) in [6.07, 6.45) is 1.99. The molecule has 1 atom stereocenters. The average Bonchev–Trinajstić information content (AvgIpc) is 2.42. The lowest BCUT2D eigenvalue weighted by atomic mass is 9.81. The molecule has 0 spiro atoms. The van der Waals surface area contributed by atoms with E-state index in [0.717, 1.165) is 25.1 Å². The summed E-state index contributed by atoms with van der Waals surface area (Å²) in [5.74, 6) is 0.0405. The van der Waals surface area contributed by atoms with E-state index < -0.39 is 6.04 Å². The molecule has 1 amide bonds. The summed E-state index contributed by atoms with van der Waals surface area (Å²) >= 11 is 0. The summed E-state index contributed by atoms with van der Waals surface area (Å²) in [5, 5.41) is 0. The highest BCUT2D eigenvalue weighted by Crippen LogP contribution is 2.31. The van der Waals surface area contributed by atoms with E-state index in [0.29, 0.717) is 0 Å². The van der Waals surface area contributed by atoms with Crippen molar-refractivity contribution in [2.24, 2.45) is 11.1 Å². The van der Waals surface area contributed by atoms with E-state index in [4.69, 9.17) is 5.73 Å². The summed E-state index contributed by atoms with van der Waals surface area (Å²) in [6.45, 7) is 4.91. The lowest BCUT2D eigenvalue weighted by Gasteiger charge is -2.30. The highest BCUT2D eigenvalue weighted by atomic mass is 16.2. The summed E-state index contributed by atoms with van der Waals surface area (Å²) in [6, 6.07) is 9.36. The van der Waals surface area contributed by atoms with Crippen LogP contribution in [0.5, 0.6) is 0 Å². The molecule has 1 aliphatic rings. The maximum Gasteiger partial charge on any atom is 0.244 e. The lowest BCUT2D eigenvalue weighted by Crippen LogP contribution is -2.49. The monoisotopic (exact) mass is 232 g/mol. The summed E-state index contributed by atoms with van der Waals surface area (Å²) in [7, 11) is 0. The zero-order valence-electron chi connectivity index (χ0n) is 10.5. The Kier molecular flexibility index (Phi) is 3.20. The number of amides is 1. The first-order chi connectivity index (χ1) is 8.02. The van der Waals surface area contributed by atoms with Gasteiger partial charge in [0.25, 0.3) is 0 Å². The van der Waals surface area contributed by atoms with E-state index in [9.17, 15) is 4.79 Å². The second-order valence-electron chi connectivity index (χ2n) is 5.40. The van der Waals surface area contributed by atoms with Gasteiger partial charge >= 0.3 is 0 Å². The minimum Gasteiger partial charge on any atom is -0.319 e. The van der Waals surface area contributed by atoms with Gasteiger partial charge in [-0.15, -0.1) is 0 Å². The third kappa shape index (κ3) is 2.34. The highest BCUT2D eigenvalue weighted by molar-refractivity contribution is 5.97. The van der Waals surface area contributed by atoms with Crippen LogP contribution in [0.3, 0.4) is 0 Å². The van der Waals surface area contributed by atoms with Crippen molar-refractivity contribution in [3.63, 3.8) is 0 Å². The normalized spacial score (nSPS) is 24.5. The summed E-state index contributed by atoms with van der Waals surface area (Å²) in [5.41, 5.74) is 6.93. The van der Waals surface area contributed by atoms with Gasteiger partial charge in [-0.05, 0) is 30.4 Å². The van der Waals surface area contributed by atoms with Crippen molar-refractivity contribution in [1.82, 2.24) is 0 Å². The van der Waals surface area contributed by atoms with Crippen molar-refractivity contribution >= 4 is 11.6 Å². The first-order valence-electron chi connectivity index (χ1n) is 6.14. The molecule has 17 heavy (non-hydrogen) atoms. The van der Waals surface area contributed by atoms with E-state index in [1.807, 2.05) is 35.2 Å². The van der Waals surface area contributed by atoms with Gasteiger partial charge in [0.1, 0.15) is 0 Å². The van der Waals surface area contributed by atoms with Crippen molar-refractivity contribution in [2.45, 2.75) is 32.7 Å². The molecular weight excluding hydrogens is 212 g/mol. The van der Waals surface area contributed by atoms with E-state index in [2.05, 4.69) is 13.8 Å². The SMILES string of the molecule is CC1(C)CCCN(c2ccccc2)C(=O)C1N. The third-order valence-electron chi connectivity index (χ3n) is 3.64. The Morgan fingerprint density at radius 1 is 1.29 bits per heavy atom. The van der Waals surface area contributed by atoms with Crippen LogP contribution in [-0.2, 0) is 4.79 Å². The number of carbonyl (C=O) groups is 1. The predicted octanol–water partition coefficient (Wildman–Crippen LogP) is 2.17. The van der Waals surface area contributed by atoms with Crippen LogP contribution in [0.25, 0.3) is 0 Å². The molecule has 1 unspecified atom stereocenters. The van der Waals surface area contributed by atoms with Crippen LogP contribution < -0.4 is 10.6 Å². The number of hydrogen-bond acceptors (Lipinski definition) is 2. The minimum atomic E-state index is -0.412. The Morgan fingerprint density at radius 3 is 2.59 bits per heavy atom. The second-order valence-corrected chi connectivity index (χ2v) is 5.40. The van der Waals surface area contributed by atoms with E-state index in [1.54, 1.807) is 0 Å². The maximum atomic E-state index is 12.4. The van der Waals surface area contributed by atoms with Gasteiger partial charge in [-0.3, -0.25) is 4.79 Å². The zero-order valence-corrected chi connectivity index (χ0v) is 10.5. The maximum absolute atomic E-state index is 12.4. The summed E-state index contributed by atoms with van der Waals surface area (Å²) < 4.78 is 0. The Labute approximate surface area is 103 Å². The average molecular weight is 232 g/mol. The van der Waals surface area contributed by atoms with Crippen LogP contribution >= 0.6 is 0 Å². The Balaban J connectivity index is 2.28. The van der Waals surface area contributed by atoms with Crippen LogP contribution in [0.4, 0.5) is 5.69 Å². The van der Waals surface area contributed by atoms with E-state index >= 15 is 0 Å². The molecule has 0 aromatic heterocycles. The van der Waals surface area contributed by atoms with Crippen molar-refractivity contribution in [3.8, 4) is 0 Å². The zero-order chi connectivity index (χ0) is 12.5. The Hall–Kier alpha value is -1.35. The Bertz CT molecular complexity index is 400. The molecular formula is C14H20N2O. The van der Waals surface area contributed by atoms with Gasteiger partial charge in [-0.25, -0.2) is 0 Å². The van der Waals surface area contributed by atoms with Crippen LogP contribution in [-0.4, -0.2) is 18.5 Å². The second kappa shape index (κ2) is 4.49. The van der Waals surface area contributed by atoms with Crippen molar-refractivity contribution in [2.75, 3.05) is 11.4 Å². The standard InChI is InChI=1S/C14H20N2O/c1-14(2)9-6-10-16(13(17)12(14)15)11-7-4-3-5-8-11/h3-5,7-8,12H,6,9-10,15H2,1-2H3. The number of hydrogen-bond donors (Lipinski definition) is 1. The molecule has 2 rings (SSSR count).